The Kier molecular flexibility index (Phi) is 4.53. The van der Waals surface area contributed by atoms with Gasteiger partial charge in [0.1, 0.15) is 0 Å². The second-order valence-corrected chi connectivity index (χ2v) is 4.47. The Balaban J connectivity index is 2.07. The fourth-order valence-corrected chi connectivity index (χ4v) is 2.12. The molecule has 2 aromatic rings. The van der Waals surface area contributed by atoms with Gasteiger partial charge in [0.05, 0.1) is 18.2 Å². The first-order valence-corrected chi connectivity index (χ1v) is 6.59. The summed E-state index contributed by atoms with van der Waals surface area (Å²) in [5.41, 5.74) is 3.84. The fourth-order valence-electron chi connectivity index (χ4n) is 2.12. The van der Waals surface area contributed by atoms with E-state index in [1.807, 2.05) is 19.6 Å². The minimum absolute atomic E-state index is 0.958. The Morgan fingerprint density at radius 2 is 2.00 bits per heavy atom. The molecule has 0 aliphatic carbocycles. The largest absolute Gasteiger partial charge is 0.331 e. The predicted octanol–water partition coefficient (Wildman–Crippen LogP) is 2.72. The first-order chi connectivity index (χ1) is 8.85. The number of aryl methyl sites for hydroxylation is 2. The topological polar surface area (TPSA) is 29.9 Å². The summed E-state index contributed by atoms with van der Waals surface area (Å²) in [5.74, 6) is 0. The van der Waals surface area contributed by atoms with Crippen LogP contribution < -0.4 is 5.32 Å². The number of nitrogens with zero attached hydrogens (tertiary/aromatic N) is 2. The third kappa shape index (κ3) is 2.99. The van der Waals surface area contributed by atoms with E-state index in [4.69, 9.17) is 0 Å². The van der Waals surface area contributed by atoms with E-state index >= 15 is 0 Å². The summed E-state index contributed by atoms with van der Waals surface area (Å²) < 4.78 is 2.16. The molecule has 0 saturated heterocycles. The lowest BCUT2D eigenvalue weighted by atomic mass is 10.1. The number of imidazole rings is 1. The highest BCUT2D eigenvalue weighted by molar-refractivity contribution is 5.59. The molecule has 0 aliphatic rings. The fraction of sp³-hybridized carbons (Fsp3) is 0.400. The Morgan fingerprint density at radius 3 is 2.67 bits per heavy atom. The summed E-state index contributed by atoms with van der Waals surface area (Å²) in [6.45, 7) is 4.17. The van der Waals surface area contributed by atoms with Crippen LogP contribution in [0, 0.1) is 0 Å². The van der Waals surface area contributed by atoms with Gasteiger partial charge in [-0.1, -0.05) is 24.3 Å². The van der Waals surface area contributed by atoms with E-state index in [0.29, 0.717) is 0 Å². The van der Waals surface area contributed by atoms with Crippen molar-refractivity contribution in [1.29, 1.82) is 0 Å². The average Bonchev–Trinajstić information content (AvgIpc) is 2.88. The minimum atomic E-state index is 0.958. The van der Waals surface area contributed by atoms with Crippen molar-refractivity contribution in [3.8, 4) is 11.3 Å². The van der Waals surface area contributed by atoms with Crippen LogP contribution in [-0.4, -0.2) is 23.1 Å². The highest BCUT2D eigenvalue weighted by Crippen LogP contribution is 2.19. The molecule has 1 aromatic heterocycles. The van der Waals surface area contributed by atoms with Gasteiger partial charge in [-0.3, -0.25) is 0 Å². The molecule has 96 valence electrons. The molecule has 0 radical (unpaired) electrons. The molecule has 0 fully saturated rings. The maximum Gasteiger partial charge on any atom is 0.0950 e. The normalized spacial score (nSPS) is 10.8. The van der Waals surface area contributed by atoms with Crippen molar-refractivity contribution < 1.29 is 0 Å². The molecule has 2 rings (SSSR count). The molecule has 1 N–H and O–H groups in total. The van der Waals surface area contributed by atoms with Crippen LogP contribution in [0.4, 0.5) is 0 Å². The molecule has 0 saturated carbocycles. The van der Waals surface area contributed by atoms with Gasteiger partial charge in [-0.15, -0.1) is 0 Å². The SMILES string of the molecule is CCn1cncc1-c1ccc(CCCNC)cc1. The van der Waals surface area contributed by atoms with Gasteiger partial charge in [0.15, 0.2) is 0 Å². The van der Waals surface area contributed by atoms with Crippen LogP contribution in [0.15, 0.2) is 36.8 Å². The summed E-state index contributed by atoms with van der Waals surface area (Å²) in [4.78, 5) is 4.21. The summed E-state index contributed by atoms with van der Waals surface area (Å²) in [5, 5.41) is 3.18. The number of hydrogen-bond donors (Lipinski definition) is 1. The molecule has 3 nitrogen and oxygen atoms in total. The molecular weight excluding hydrogens is 222 g/mol. The molecule has 0 amide bonds. The lowest BCUT2D eigenvalue weighted by Gasteiger charge is -2.06. The highest BCUT2D eigenvalue weighted by atomic mass is 15.0. The van der Waals surface area contributed by atoms with Gasteiger partial charge in [-0.2, -0.15) is 0 Å². The van der Waals surface area contributed by atoms with Gasteiger partial charge < -0.3 is 9.88 Å². The summed E-state index contributed by atoms with van der Waals surface area (Å²) in [6, 6.07) is 8.83. The summed E-state index contributed by atoms with van der Waals surface area (Å²) >= 11 is 0. The first-order valence-electron chi connectivity index (χ1n) is 6.59. The van der Waals surface area contributed by atoms with E-state index in [1.165, 1.54) is 23.2 Å². The summed E-state index contributed by atoms with van der Waals surface area (Å²) in [6.07, 6.45) is 6.13. The van der Waals surface area contributed by atoms with E-state index in [0.717, 1.165) is 19.5 Å². The zero-order valence-electron chi connectivity index (χ0n) is 11.2. The molecule has 1 aromatic carbocycles. The van der Waals surface area contributed by atoms with Crippen LogP contribution in [0.3, 0.4) is 0 Å². The third-order valence-electron chi connectivity index (χ3n) is 3.19. The van der Waals surface area contributed by atoms with E-state index in [1.54, 1.807) is 0 Å². The van der Waals surface area contributed by atoms with Gasteiger partial charge in [-0.05, 0) is 44.5 Å². The quantitative estimate of drug-likeness (QED) is 0.791. The van der Waals surface area contributed by atoms with E-state index in [9.17, 15) is 0 Å². The van der Waals surface area contributed by atoms with Gasteiger partial charge in [0.2, 0.25) is 0 Å². The Bertz CT molecular complexity index is 471. The Morgan fingerprint density at radius 1 is 1.22 bits per heavy atom. The van der Waals surface area contributed by atoms with Crippen molar-refractivity contribution in [2.24, 2.45) is 0 Å². The lowest BCUT2D eigenvalue weighted by molar-refractivity contribution is 0.725. The van der Waals surface area contributed by atoms with E-state index in [-0.39, 0.29) is 0 Å². The van der Waals surface area contributed by atoms with Crippen LogP contribution in [0.1, 0.15) is 18.9 Å². The highest BCUT2D eigenvalue weighted by Gasteiger charge is 2.03. The molecule has 0 unspecified atom stereocenters. The smallest absolute Gasteiger partial charge is 0.0950 e. The van der Waals surface area contributed by atoms with Crippen LogP contribution in [0.5, 0.6) is 0 Å². The van der Waals surface area contributed by atoms with Gasteiger partial charge in [0, 0.05) is 6.54 Å². The Hall–Kier alpha value is -1.61. The zero-order chi connectivity index (χ0) is 12.8. The van der Waals surface area contributed by atoms with Crippen molar-refractivity contribution in [1.82, 2.24) is 14.9 Å². The molecule has 18 heavy (non-hydrogen) atoms. The zero-order valence-corrected chi connectivity index (χ0v) is 11.2. The van der Waals surface area contributed by atoms with Crippen molar-refractivity contribution in [2.45, 2.75) is 26.3 Å². The standard InChI is InChI=1S/C15H21N3/c1-3-18-12-17-11-15(18)14-8-6-13(7-9-14)5-4-10-16-2/h6-9,11-12,16H,3-5,10H2,1-2H3. The number of nitrogens with one attached hydrogen (secondary N) is 1. The molecule has 0 atom stereocenters. The maximum atomic E-state index is 4.21. The number of benzene rings is 1. The monoisotopic (exact) mass is 243 g/mol. The summed E-state index contributed by atoms with van der Waals surface area (Å²) in [7, 11) is 2.00. The average molecular weight is 243 g/mol. The van der Waals surface area contributed by atoms with Crippen LogP contribution in [0.25, 0.3) is 11.3 Å². The number of aromatic nitrogens is 2. The van der Waals surface area contributed by atoms with Crippen LogP contribution >= 0.6 is 0 Å². The van der Waals surface area contributed by atoms with Crippen molar-refractivity contribution in [3.05, 3.63) is 42.4 Å². The van der Waals surface area contributed by atoms with Crippen LogP contribution in [-0.2, 0) is 13.0 Å². The molecule has 0 aliphatic heterocycles. The second-order valence-electron chi connectivity index (χ2n) is 4.47. The molecule has 0 bridgehead atoms. The minimum Gasteiger partial charge on any atom is -0.331 e. The Labute approximate surface area is 109 Å². The first kappa shape index (κ1) is 12.8. The van der Waals surface area contributed by atoms with Crippen LogP contribution in [0.2, 0.25) is 0 Å². The molecule has 0 spiro atoms. The molecule has 3 heteroatoms. The van der Waals surface area contributed by atoms with Crippen molar-refractivity contribution in [3.63, 3.8) is 0 Å². The third-order valence-corrected chi connectivity index (χ3v) is 3.19. The van der Waals surface area contributed by atoms with Gasteiger partial charge in [0.25, 0.3) is 0 Å². The number of rotatable bonds is 6. The maximum absolute atomic E-state index is 4.21. The molecule has 1 heterocycles. The lowest BCUT2D eigenvalue weighted by Crippen LogP contribution is -2.08. The van der Waals surface area contributed by atoms with Crippen molar-refractivity contribution >= 4 is 0 Å². The van der Waals surface area contributed by atoms with Crippen molar-refractivity contribution in [2.75, 3.05) is 13.6 Å². The van der Waals surface area contributed by atoms with Gasteiger partial charge in [-0.25, -0.2) is 4.98 Å². The number of hydrogen-bond acceptors (Lipinski definition) is 2. The van der Waals surface area contributed by atoms with E-state index in [2.05, 4.69) is 46.1 Å². The predicted molar refractivity (Wildman–Crippen MR) is 75.6 cm³/mol. The van der Waals surface area contributed by atoms with Gasteiger partial charge >= 0.3 is 0 Å². The van der Waals surface area contributed by atoms with E-state index < -0.39 is 0 Å². The molecular formula is C15H21N3. The second kappa shape index (κ2) is 6.36.